The predicted molar refractivity (Wildman–Crippen MR) is 90.2 cm³/mol. The summed E-state index contributed by atoms with van der Waals surface area (Å²) in [6.07, 6.45) is 0. The van der Waals surface area contributed by atoms with E-state index in [1.54, 1.807) is 23.1 Å². The third kappa shape index (κ3) is 2.86. The fourth-order valence-corrected chi connectivity index (χ4v) is 4.55. The number of hydrogen-bond donors (Lipinski definition) is 1. The largest absolute Gasteiger partial charge is 0.316 e. The van der Waals surface area contributed by atoms with Crippen molar-refractivity contribution in [1.82, 2.24) is 5.32 Å². The van der Waals surface area contributed by atoms with E-state index < -0.39 is 0 Å². The average Bonchev–Trinajstić information content (AvgIpc) is 2.86. The van der Waals surface area contributed by atoms with Crippen molar-refractivity contribution in [2.45, 2.75) is 16.3 Å². The van der Waals surface area contributed by atoms with Gasteiger partial charge >= 0.3 is 0 Å². The molecule has 0 aliphatic carbocycles. The lowest BCUT2D eigenvalue weighted by Gasteiger charge is -2.09. The van der Waals surface area contributed by atoms with Gasteiger partial charge in [-0.1, -0.05) is 47.6 Å². The van der Waals surface area contributed by atoms with Crippen molar-refractivity contribution in [2.75, 3.05) is 7.05 Å². The fourth-order valence-electron chi connectivity index (χ4n) is 2.11. The van der Waals surface area contributed by atoms with Crippen LogP contribution in [-0.4, -0.2) is 7.05 Å². The first-order chi connectivity index (χ1) is 9.78. The zero-order valence-corrected chi connectivity index (χ0v) is 13.4. The minimum absolute atomic E-state index is 0.784. The zero-order chi connectivity index (χ0) is 13.9. The lowest BCUT2D eigenvalue weighted by atomic mass is 10.2. The molecule has 0 atom stereocenters. The summed E-state index contributed by atoms with van der Waals surface area (Å²) in [7, 11) is 1.96. The maximum Gasteiger partial charge on any atom is 0.0417 e. The van der Waals surface area contributed by atoms with Crippen LogP contribution in [0.2, 0.25) is 5.02 Å². The summed E-state index contributed by atoms with van der Waals surface area (Å²) in [5.74, 6) is 0. The van der Waals surface area contributed by atoms with Gasteiger partial charge in [-0.05, 0) is 30.8 Å². The van der Waals surface area contributed by atoms with Crippen LogP contribution in [-0.2, 0) is 6.54 Å². The molecule has 3 rings (SSSR count). The van der Waals surface area contributed by atoms with Crippen LogP contribution < -0.4 is 5.32 Å². The van der Waals surface area contributed by atoms with Crippen LogP contribution in [0.3, 0.4) is 0 Å². The number of nitrogens with one attached hydrogen (secondary N) is 1. The second-order valence-electron chi connectivity index (χ2n) is 4.48. The smallest absolute Gasteiger partial charge is 0.0417 e. The normalized spacial score (nSPS) is 11.1. The van der Waals surface area contributed by atoms with Gasteiger partial charge in [0.25, 0.3) is 0 Å². The molecule has 0 amide bonds. The van der Waals surface area contributed by atoms with Gasteiger partial charge in [-0.3, -0.25) is 0 Å². The molecule has 0 unspecified atom stereocenters. The second kappa shape index (κ2) is 6.19. The molecule has 0 bridgehead atoms. The van der Waals surface area contributed by atoms with Crippen molar-refractivity contribution in [3.8, 4) is 0 Å². The van der Waals surface area contributed by atoms with Crippen molar-refractivity contribution in [1.29, 1.82) is 0 Å². The van der Waals surface area contributed by atoms with E-state index in [-0.39, 0.29) is 0 Å². The summed E-state index contributed by atoms with van der Waals surface area (Å²) in [5, 5.41) is 7.53. The lowest BCUT2D eigenvalue weighted by molar-refractivity contribution is 0.803. The van der Waals surface area contributed by atoms with Crippen LogP contribution in [0.15, 0.2) is 57.6 Å². The Morgan fingerprint density at radius 1 is 1.15 bits per heavy atom. The predicted octanol–water partition coefficient (Wildman–Crippen LogP) is 5.43. The summed E-state index contributed by atoms with van der Waals surface area (Å²) in [6.45, 7) is 0.849. The molecular formula is C16H14ClNS2. The minimum Gasteiger partial charge on any atom is -0.316 e. The third-order valence-corrected chi connectivity index (χ3v) is 5.57. The molecule has 2 aromatic carbocycles. The van der Waals surface area contributed by atoms with Gasteiger partial charge in [-0.15, -0.1) is 11.3 Å². The molecule has 0 radical (unpaired) electrons. The molecule has 20 heavy (non-hydrogen) atoms. The van der Waals surface area contributed by atoms with Gasteiger partial charge in [0, 0.05) is 36.8 Å². The monoisotopic (exact) mass is 319 g/mol. The van der Waals surface area contributed by atoms with Gasteiger partial charge in [0.1, 0.15) is 0 Å². The first kappa shape index (κ1) is 14.0. The maximum atomic E-state index is 6.14. The average molecular weight is 320 g/mol. The quantitative estimate of drug-likeness (QED) is 0.688. The number of fused-ring (bicyclic) bond motifs is 1. The number of rotatable bonds is 4. The topological polar surface area (TPSA) is 12.0 Å². The van der Waals surface area contributed by atoms with Crippen LogP contribution in [0.1, 0.15) is 5.56 Å². The molecule has 0 aliphatic heterocycles. The van der Waals surface area contributed by atoms with Crippen molar-refractivity contribution in [2.24, 2.45) is 0 Å². The van der Waals surface area contributed by atoms with Gasteiger partial charge < -0.3 is 5.32 Å². The van der Waals surface area contributed by atoms with Gasteiger partial charge in [0.2, 0.25) is 0 Å². The Bertz CT molecular complexity index is 736. The molecule has 1 N–H and O–H groups in total. The van der Waals surface area contributed by atoms with Crippen LogP contribution in [0, 0.1) is 0 Å². The van der Waals surface area contributed by atoms with E-state index in [2.05, 4.69) is 41.0 Å². The highest BCUT2D eigenvalue weighted by molar-refractivity contribution is 7.99. The Morgan fingerprint density at radius 2 is 2.00 bits per heavy atom. The summed E-state index contributed by atoms with van der Waals surface area (Å²) in [5.41, 5.74) is 1.28. The molecule has 0 fully saturated rings. The molecule has 0 saturated carbocycles. The van der Waals surface area contributed by atoms with E-state index in [0.717, 1.165) is 11.6 Å². The Labute approximate surface area is 132 Å². The molecule has 1 aromatic heterocycles. The van der Waals surface area contributed by atoms with Crippen molar-refractivity contribution < 1.29 is 0 Å². The highest BCUT2D eigenvalue weighted by Gasteiger charge is 2.09. The second-order valence-corrected chi connectivity index (χ2v) is 6.91. The Hall–Kier alpha value is -1.00. The van der Waals surface area contributed by atoms with Crippen molar-refractivity contribution in [3.63, 3.8) is 0 Å². The SMILES string of the molecule is CNCc1ccc(Cl)cc1Sc1csc2ccccc12. The molecule has 0 aliphatic rings. The van der Waals surface area contributed by atoms with Gasteiger partial charge in [-0.25, -0.2) is 0 Å². The van der Waals surface area contributed by atoms with E-state index in [1.165, 1.54) is 25.4 Å². The Morgan fingerprint density at radius 3 is 2.85 bits per heavy atom. The summed E-state index contributed by atoms with van der Waals surface area (Å²) in [6, 6.07) is 14.6. The van der Waals surface area contributed by atoms with Crippen LogP contribution in [0.5, 0.6) is 0 Å². The highest BCUT2D eigenvalue weighted by Crippen LogP contribution is 2.39. The van der Waals surface area contributed by atoms with E-state index in [4.69, 9.17) is 11.6 Å². The molecule has 3 aromatic rings. The first-order valence-electron chi connectivity index (χ1n) is 6.35. The number of halogens is 1. The van der Waals surface area contributed by atoms with Crippen molar-refractivity contribution in [3.05, 3.63) is 58.4 Å². The van der Waals surface area contributed by atoms with E-state index in [9.17, 15) is 0 Å². The summed E-state index contributed by atoms with van der Waals surface area (Å²) < 4.78 is 1.33. The van der Waals surface area contributed by atoms with Crippen LogP contribution in [0.25, 0.3) is 10.1 Å². The van der Waals surface area contributed by atoms with E-state index >= 15 is 0 Å². The van der Waals surface area contributed by atoms with E-state index in [1.807, 2.05) is 19.2 Å². The van der Waals surface area contributed by atoms with Gasteiger partial charge in [-0.2, -0.15) is 0 Å². The number of benzene rings is 2. The summed E-state index contributed by atoms with van der Waals surface area (Å²) >= 11 is 9.72. The minimum atomic E-state index is 0.784. The molecular weight excluding hydrogens is 306 g/mol. The standard InChI is InChI=1S/C16H14ClNS2/c1-18-9-11-6-7-12(17)8-15(11)20-16-10-19-14-5-3-2-4-13(14)16/h2-8,10,18H,9H2,1H3. The zero-order valence-electron chi connectivity index (χ0n) is 11.0. The van der Waals surface area contributed by atoms with Crippen molar-refractivity contribution >= 4 is 44.8 Å². The highest BCUT2D eigenvalue weighted by atomic mass is 35.5. The fraction of sp³-hybridized carbons (Fsp3) is 0.125. The third-order valence-electron chi connectivity index (χ3n) is 3.06. The molecule has 102 valence electrons. The number of thiophene rings is 1. The lowest BCUT2D eigenvalue weighted by Crippen LogP contribution is -2.05. The van der Waals surface area contributed by atoms with Gasteiger partial charge in [0.05, 0.1) is 0 Å². The molecule has 0 saturated heterocycles. The van der Waals surface area contributed by atoms with Crippen LogP contribution in [0.4, 0.5) is 0 Å². The molecule has 4 heteroatoms. The summed E-state index contributed by atoms with van der Waals surface area (Å²) in [4.78, 5) is 2.51. The van der Waals surface area contributed by atoms with Crippen LogP contribution >= 0.6 is 34.7 Å². The molecule has 1 nitrogen and oxygen atoms in total. The Kier molecular flexibility index (Phi) is 4.32. The molecule has 1 heterocycles. The van der Waals surface area contributed by atoms with Gasteiger partial charge in [0.15, 0.2) is 0 Å². The molecule has 0 spiro atoms. The first-order valence-corrected chi connectivity index (χ1v) is 8.42. The Balaban J connectivity index is 2.00. The maximum absolute atomic E-state index is 6.14. The van der Waals surface area contributed by atoms with E-state index in [0.29, 0.717) is 0 Å². The number of hydrogen-bond acceptors (Lipinski definition) is 3.